The average Bonchev–Trinajstić information content (AvgIpc) is 3.10. The molecule has 0 saturated carbocycles. The van der Waals surface area contributed by atoms with Crippen molar-refractivity contribution in [2.75, 3.05) is 27.2 Å². The Kier molecular flexibility index (Phi) is 6.09. The zero-order chi connectivity index (χ0) is 18.2. The number of benzene rings is 2. The number of H-pyrrole nitrogens is 1. The monoisotopic (exact) mass is 351 g/mol. The number of ether oxygens (including phenoxy) is 1. The van der Waals surface area contributed by atoms with Crippen molar-refractivity contribution in [2.24, 2.45) is 4.99 Å². The molecule has 6 nitrogen and oxygen atoms in total. The fourth-order valence-electron chi connectivity index (χ4n) is 2.76. The Morgan fingerprint density at radius 2 is 1.77 bits per heavy atom. The number of rotatable bonds is 7. The molecule has 0 saturated heterocycles. The number of methoxy groups -OCH3 is 1. The van der Waals surface area contributed by atoms with Crippen LogP contribution < -0.4 is 15.4 Å². The summed E-state index contributed by atoms with van der Waals surface area (Å²) in [5.41, 5.74) is 3.34. The molecule has 0 fully saturated rings. The van der Waals surface area contributed by atoms with Crippen LogP contribution >= 0.6 is 0 Å². The van der Waals surface area contributed by atoms with Gasteiger partial charge in [0.1, 0.15) is 11.6 Å². The van der Waals surface area contributed by atoms with Crippen molar-refractivity contribution in [1.29, 1.82) is 0 Å². The van der Waals surface area contributed by atoms with Crippen molar-refractivity contribution in [1.82, 2.24) is 20.6 Å². The van der Waals surface area contributed by atoms with Crippen molar-refractivity contribution >= 4 is 17.0 Å². The van der Waals surface area contributed by atoms with Gasteiger partial charge in [-0.2, -0.15) is 0 Å². The molecule has 2 aromatic carbocycles. The van der Waals surface area contributed by atoms with Gasteiger partial charge in [0.15, 0.2) is 5.96 Å². The fraction of sp³-hybridized carbons (Fsp3) is 0.300. The zero-order valence-electron chi connectivity index (χ0n) is 15.2. The quantitative estimate of drug-likeness (QED) is 0.452. The Morgan fingerprint density at radius 3 is 2.46 bits per heavy atom. The van der Waals surface area contributed by atoms with E-state index >= 15 is 0 Å². The second-order valence-electron chi connectivity index (χ2n) is 5.97. The lowest BCUT2D eigenvalue weighted by Crippen LogP contribution is -2.39. The first-order chi connectivity index (χ1) is 12.8. The standard InChI is InChI=1S/C20H25N5O/c1-21-20(22-13-11-15-7-9-16(26-2)10-8-15)23-14-12-19-24-17-5-3-4-6-18(17)25-19/h3-10H,11-14H2,1-2H3,(H,24,25)(H2,21,22,23). The number of hydrogen-bond acceptors (Lipinski definition) is 3. The number of imidazole rings is 1. The van der Waals surface area contributed by atoms with Crippen molar-refractivity contribution in [3.63, 3.8) is 0 Å². The van der Waals surface area contributed by atoms with Gasteiger partial charge in [-0.05, 0) is 36.2 Å². The summed E-state index contributed by atoms with van der Waals surface area (Å²) in [5.74, 6) is 2.66. The Balaban J connectivity index is 1.41. The van der Waals surface area contributed by atoms with Crippen LogP contribution in [0.5, 0.6) is 5.75 Å². The van der Waals surface area contributed by atoms with Crippen LogP contribution in [0.1, 0.15) is 11.4 Å². The molecule has 1 heterocycles. The van der Waals surface area contributed by atoms with Crippen LogP contribution in [-0.4, -0.2) is 43.2 Å². The number of nitrogens with one attached hydrogen (secondary N) is 3. The second kappa shape index (κ2) is 8.89. The van der Waals surface area contributed by atoms with Gasteiger partial charge in [-0.15, -0.1) is 0 Å². The molecular formula is C20H25N5O. The minimum absolute atomic E-state index is 0.766. The number of aromatic amines is 1. The van der Waals surface area contributed by atoms with Crippen molar-refractivity contribution < 1.29 is 4.74 Å². The smallest absolute Gasteiger partial charge is 0.191 e. The maximum Gasteiger partial charge on any atom is 0.191 e. The molecule has 136 valence electrons. The summed E-state index contributed by atoms with van der Waals surface area (Å²) in [6.45, 7) is 1.58. The third-order valence-corrected chi connectivity index (χ3v) is 4.18. The summed E-state index contributed by atoms with van der Waals surface area (Å²) in [7, 11) is 3.46. The molecule has 0 spiro atoms. The summed E-state index contributed by atoms with van der Waals surface area (Å²) >= 11 is 0. The number of guanidine groups is 1. The van der Waals surface area contributed by atoms with Crippen LogP contribution in [0.3, 0.4) is 0 Å². The summed E-state index contributed by atoms with van der Waals surface area (Å²) in [6, 6.07) is 16.2. The molecule has 0 aliphatic rings. The molecule has 1 aromatic heterocycles. The first-order valence-electron chi connectivity index (χ1n) is 8.79. The minimum Gasteiger partial charge on any atom is -0.497 e. The third kappa shape index (κ3) is 4.75. The van der Waals surface area contributed by atoms with Gasteiger partial charge in [0.25, 0.3) is 0 Å². The normalized spacial score (nSPS) is 11.5. The van der Waals surface area contributed by atoms with Crippen LogP contribution in [0.25, 0.3) is 11.0 Å². The van der Waals surface area contributed by atoms with E-state index < -0.39 is 0 Å². The predicted molar refractivity (Wildman–Crippen MR) is 106 cm³/mol. The fourth-order valence-corrected chi connectivity index (χ4v) is 2.76. The van der Waals surface area contributed by atoms with Crippen molar-refractivity contribution in [2.45, 2.75) is 12.8 Å². The molecule has 3 rings (SSSR count). The Morgan fingerprint density at radius 1 is 1.04 bits per heavy atom. The van der Waals surface area contributed by atoms with E-state index in [1.165, 1.54) is 5.56 Å². The number of aromatic nitrogens is 2. The maximum atomic E-state index is 5.18. The first kappa shape index (κ1) is 17.8. The lowest BCUT2D eigenvalue weighted by atomic mass is 10.1. The van der Waals surface area contributed by atoms with Gasteiger partial charge >= 0.3 is 0 Å². The highest BCUT2D eigenvalue weighted by Gasteiger charge is 2.03. The van der Waals surface area contributed by atoms with Gasteiger partial charge in [-0.25, -0.2) is 4.98 Å². The van der Waals surface area contributed by atoms with Gasteiger partial charge in [-0.3, -0.25) is 4.99 Å². The molecule has 3 aromatic rings. The van der Waals surface area contributed by atoms with Crippen molar-refractivity contribution in [3.05, 3.63) is 59.9 Å². The number of nitrogens with zero attached hydrogens (tertiary/aromatic N) is 2. The maximum absolute atomic E-state index is 5.18. The lowest BCUT2D eigenvalue weighted by molar-refractivity contribution is 0.414. The van der Waals surface area contributed by atoms with Crippen LogP contribution in [0.2, 0.25) is 0 Å². The van der Waals surface area contributed by atoms with Gasteiger partial charge < -0.3 is 20.4 Å². The van der Waals surface area contributed by atoms with Crippen LogP contribution in [0.15, 0.2) is 53.5 Å². The average molecular weight is 351 g/mol. The summed E-state index contributed by atoms with van der Waals surface area (Å²) < 4.78 is 5.18. The zero-order valence-corrected chi connectivity index (χ0v) is 15.2. The van der Waals surface area contributed by atoms with E-state index in [1.54, 1.807) is 14.2 Å². The lowest BCUT2D eigenvalue weighted by Gasteiger charge is -2.11. The van der Waals surface area contributed by atoms with E-state index in [1.807, 2.05) is 36.4 Å². The second-order valence-corrected chi connectivity index (χ2v) is 5.97. The molecule has 26 heavy (non-hydrogen) atoms. The molecule has 0 atom stereocenters. The predicted octanol–water partition coefficient (Wildman–Crippen LogP) is 2.52. The number of fused-ring (bicyclic) bond motifs is 1. The van der Waals surface area contributed by atoms with E-state index in [0.717, 1.165) is 54.5 Å². The molecule has 0 radical (unpaired) electrons. The van der Waals surface area contributed by atoms with E-state index in [-0.39, 0.29) is 0 Å². The van der Waals surface area contributed by atoms with Gasteiger partial charge in [0, 0.05) is 26.6 Å². The van der Waals surface area contributed by atoms with E-state index in [9.17, 15) is 0 Å². The third-order valence-electron chi connectivity index (χ3n) is 4.18. The molecule has 0 bridgehead atoms. The van der Waals surface area contributed by atoms with Gasteiger partial charge in [-0.1, -0.05) is 24.3 Å². The van der Waals surface area contributed by atoms with E-state index in [4.69, 9.17) is 4.74 Å². The number of aliphatic imine (C=N–C) groups is 1. The SMILES string of the molecule is CN=C(NCCc1ccc(OC)cc1)NCCc1nc2ccccc2[nH]1. The van der Waals surface area contributed by atoms with E-state index in [0.29, 0.717) is 0 Å². The van der Waals surface area contributed by atoms with Crippen LogP contribution in [0.4, 0.5) is 0 Å². The highest BCUT2D eigenvalue weighted by molar-refractivity contribution is 5.79. The van der Waals surface area contributed by atoms with Crippen LogP contribution in [-0.2, 0) is 12.8 Å². The summed E-state index contributed by atoms with van der Waals surface area (Å²) in [5, 5.41) is 6.66. The molecule has 0 aliphatic carbocycles. The topological polar surface area (TPSA) is 74.3 Å². The largest absolute Gasteiger partial charge is 0.497 e. The minimum atomic E-state index is 0.766. The van der Waals surface area contributed by atoms with Gasteiger partial charge in [0.2, 0.25) is 0 Å². The van der Waals surface area contributed by atoms with E-state index in [2.05, 4.69) is 37.7 Å². The molecule has 0 aliphatic heterocycles. The van der Waals surface area contributed by atoms with Gasteiger partial charge in [0.05, 0.1) is 18.1 Å². The number of hydrogen-bond donors (Lipinski definition) is 3. The Bertz CT molecular complexity index is 821. The molecule has 0 unspecified atom stereocenters. The highest BCUT2D eigenvalue weighted by atomic mass is 16.5. The highest BCUT2D eigenvalue weighted by Crippen LogP contribution is 2.11. The molecule has 3 N–H and O–H groups in total. The Labute approximate surface area is 153 Å². The number of para-hydroxylation sites is 2. The molecule has 6 heteroatoms. The van der Waals surface area contributed by atoms with Crippen molar-refractivity contribution in [3.8, 4) is 5.75 Å². The summed E-state index contributed by atoms with van der Waals surface area (Å²) in [6.07, 6.45) is 1.74. The molecular weight excluding hydrogens is 326 g/mol. The first-order valence-corrected chi connectivity index (χ1v) is 8.79. The Hall–Kier alpha value is -3.02. The molecule has 0 amide bonds. The summed E-state index contributed by atoms with van der Waals surface area (Å²) in [4.78, 5) is 12.2. The van der Waals surface area contributed by atoms with Crippen LogP contribution in [0, 0.1) is 0 Å².